The maximum atomic E-state index is 2.43. The number of rotatable bonds is 10. The first-order chi connectivity index (χ1) is 9.25. The van der Waals surface area contributed by atoms with E-state index < -0.39 is 0 Å². The van der Waals surface area contributed by atoms with Gasteiger partial charge in [0.2, 0.25) is 0 Å². The average Bonchev–Trinajstić information content (AvgIpc) is 2.42. The topological polar surface area (TPSA) is 3.88 Å². The third kappa shape index (κ3) is 6.75. The lowest BCUT2D eigenvalue weighted by Gasteiger charge is -2.06. The summed E-state index contributed by atoms with van der Waals surface area (Å²) in [5.74, 6) is 0.621. The molecule has 0 unspecified atom stereocenters. The van der Waals surface area contributed by atoms with Crippen LogP contribution in [0, 0.1) is 0 Å². The first-order valence-electron chi connectivity index (χ1n) is 8.24. The fourth-order valence-corrected chi connectivity index (χ4v) is 2.63. The first-order valence-corrected chi connectivity index (χ1v) is 8.24. The second-order valence-electron chi connectivity index (χ2n) is 5.95. The third-order valence-corrected chi connectivity index (χ3v) is 3.82. The Morgan fingerprint density at radius 3 is 2.16 bits per heavy atom. The van der Waals surface area contributed by atoms with Gasteiger partial charge < -0.3 is 0 Å². The van der Waals surface area contributed by atoms with Gasteiger partial charge in [-0.3, -0.25) is 0 Å². The van der Waals surface area contributed by atoms with Crippen molar-refractivity contribution in [1.82, 2.24) is 0 Å². The minimum atomic E-state index is 0.621. The minimum absolute atomic E-state index is 0.621. The maximum Gasteiger partial charge on any atom is 0.183 e. The predicted molar refractivity (Wildman–Crippen MR) is 83.3 cm³/mol. The van der Waals surface area contributed by atoms with Crippen LogP contribution in [0.4, 0.5) is 0 Å². The first kappa shape index (κ1) is 16.2. The monoisotopic (exact) mass is 262 g/mol. The van der Waals surface area contributed by atoms with E-state index in [9.17, 15) is 0 Å². The quantitative estimate of drug-likeness (QED) is 0.401. The Morgan fingerprint density at radius 2 is 1.53 bits per heavy atom. The van der Waals surface area contributed by atoms with Crippen LogP contribution in [-0.4, -0.2) is 0 Å². The summed E-state index contributed by atoms with van der Waals surface area (Å²) >= 11 is 0. The highest BCUT2D eigenvalue weighted by Crippen LogP contribution is 2.10. The molecule has 1 aromatic rings. The van der Waals surface area contributed by atoms with Gasteiger partial charge in [0.05, 0.1) is 0 Å². The van der Waals surface area contributed by atoms with Crippen LogP contribution in [0.25, 0.3) is 0 Å². The molecule has 0 N–H and O–H groups in total. The van der Waals surface area contributed by atoms with Crippen LogP contribution in [0.5, 0.6) is 0 Å². The SMILES string of the molecule is CCCCCCCCCC[n+]1ccccc1C(C)C. The van der Waals surface area contributed by atoms with Crippen molar-refractivity contribution in [1.29, 1.82) is 0 Å². The lowest BCUT2D eigenvalue weighted by Crippen LogP contribution is -2.38. The zero-order chi connectivity index (χ0) is 13.9. The minimum Gasteiger partial charge on any atom is -0.202 e. The molecule has 1 heterocycles. The molecular formula is C18H32N+. The van der Waals surface area contributed by atoms with Crippen LogP contribution in [0.2, 0.25) is 0 Å². The van der Waals surface area contributed by atoms with E-state index in [0.717, 1.165) is 0 Å². The lowest BCUT2D eigenvalue weighted by atomic mass is 10.1. The Balaban J connectivity index is 2.16. The molecule has 19 heavy (non-hydrogen) atoms. The van der Waals surface area contributed by atoms with Gasteiger partial charge in [-0.15, -0.1) is 0 Å². The molecule has 108 valence electrons. The van der Waals surface area contributed by atoms with Crippen molar-refractivity contribution in [3.8, 4) is 0 Å². The molecule has 0 spiro atoms. The van der Waals surface area contributed by atoms with Crippen LogP contribution in [-0.2, 0) is 6.54 Å². The van der Waals surface area contributed by atoms with Crippen molar-refractivity contribution in [3.05, 3.63) is 30.1 Å². The maximum absolute atomic E-state index is 2.43. The predicted octanol–water partition coefficient (Wildman–Crippen LogP) is 5.24. The Morgan fingerprint density at radius 1 is 0.895 bits per heavy atom. The zero-order valence-electron chi connectivity index (χ0n) is 13.2. The van der Waals surface area contributed by atoms with E-state index in [1.807, 2.05) is 0 Å². The number of hydrogen-bond acceptors (Lipinski definition) is 0. The van der Waals surface area contributed by atoms with E-state index in [0.29, 0.717) is 5.92 Å². The fraction of sp³-hybridized carbons (Fsp3) is 0.722. The van der Waals surface area contributed by atoms with Gasteiger partial charge in [-0.25, -0.2) is 4.57 Å². The van der Waals surface area contributed by atoms with Crippen LogP contribution in [0.1, 0.15) is 83.7 Å². The largest absolute Gasteiger partial charge is 0.202 e. The highest BCUT2D eigenvalue weighted by molar-refractivity contribution is 5.01. The summed E-state index contributed by atoms with van der Waals surface area (Å²) in [6.45, 7) is 8.02. The molecule has 0 amide bonds. The standard InChI is InChI=1S/C18H32N/c1-4-5-6-7-8-9-10-12-15-19-16-13-11-14-18(19)17(2)3/h11,13-14,16-17H,4-10,12,15H2,1-3H3/q+1. The summed E-state index contributed by atoms with van der Waals surface area (Å²) < 4.78 is 2.43. The van der Waals surface area contributed by atoms with Crippen LogP contribution < -0.4 is 4.57 Å². The highest BCUT2D eigenvalue weighted by atomic mass is 15.0. The molecule has 1 heteroatoms. The van der Waals surface area contributed by atoms with Gasteiger partial charge in [0.1, 0.15) is 6.54 Å². The van der Waals surface area contributed by atoms with Gasteiger partial charge in [-0.05, 0) is 6.42 Å². The molecule has 0 bridgehead atoms. The van der Waals surface area contributed by atoms with E-state index in [2.05, 4.69) is 49.7 Å². The molecule has 0 fully saturated rings. The molecule has 0 aliphatic carbocycles. The van der Waals surface area contributed by atoms with E-state index in [1.54, 1.807) is 0 Å². The molecule has 0 aliphatic rings. The Bertz CT molecular complexity index is 330. The van der Waals surface area contributed by atoms with Crippen molar-refractivity contribution in [3.63, 3.8) is 0 Å². The number of aromatic nitrogens is 1. The molecule has 0 saturated heterocycles. The van der Waals surface area contributed by atoms with E-state index in [-0.39, 0.29) is 0 Å². The molecule has 1 rings (SSSR count). The van der Waals surface area contributed by atoms with Crippen molar-refractivity contribution in [2.24, 2.45) is 0 Å². The molecule has 1 nitrogen and oxygen atoms in total. The Hall–Kier alpha value is -0.850. The highest BCUT2D eigenvalue weighted by Gasteiger charge is 2.12. The fourth-order valence-electron chi connectivity index (χ4n) is 2.63. The third-order valence-electron chi connectivity index (χ3n) is 3.82. The molecule has 0 aliphatic heterocycles. The summed E-state index contributed by atoms with van der Waals surface area (Å²) in [5.41, 5.74) is 1.46. The van der Waals surface area contributed by atoms with Gasteiger partial charge in [0, 0.05) is 24.5 Å². The van der Waals surface area contributed by atoms with Gasteiger partial charge in [0.25, 0.3) is 0 Å². The average molecular weight is 262 g/mol. The molecule has 1 aromatic heterocycles. The number of unbranched alkanes of at least 4 members (excludes halogenated alkanes) is 7. The van der Waals surface area contributed by atoms with Gasteiger partial charge in [0.15, 0.2) is 11.9 Å². The van der Waals surface area contributed by atoms with Crippen LogP contribution in [0.15, 0.2) is 24.4 Å². The summed E-state index contributed by atoms with van der Waals surface area (Å²) in [7, 11) is 0. The molecule has 0 atom stereocenters. The summed E-state index contributed by atoms with van der Waals surface area (Å²) in [4.78, 5) is 0. The van der Waals surface area contributed by atoms with Crippen molar-refractivity contribution < 1.29 is 4.57 Å². The van der Waals surface area contributed by atoms with E-state index in [1.165, 1.54) is 63.6 Å². The summed E-state index contributed by atoms with van der Waals surface area (Å²) in [6, 6.07) is 6.56. The smallest absolute Gasteiger partial charge is 0.183 e. The molecule has 0 saturated carbocycles. The normalized spacial score (nSPS) is 11.2. The van der Waals surface area contributed by atoms with Crippen molar-refractivity contribution >= 4 is 0 Å². The molecule has 0 aromatic carbocycles. The second-order valence-corrected chi connectivity index (χ2v) is 5.95. The second kappa shape index (κ2) is 10.00. The number of nitrogens with zero attached hydrogens (tertiary/aromatic N) is 1. The molecule has 0 radical (unpaired) electrons. The van der Waals surface area contributed by atoms with E-state index in [4.69, 9.17) is 0 Å². The van der Waals surface area contributed by atoms with Gasteiger partial charge in [-0.2, -0.15) is 0 Å². The Kier molecular flexibility index (Phi) is 8.53. The van der Waals surface area contributed by atoms with E-state index >= 15 is 0 Å². The van der Waals surface area contributed by atoms with Crippen molar-refractivity contribution in [2.45, 2.75) is 84.6 Å². The zero-order valence-corrected chi connectivity index (χ0v) is 13.2. The Labute approximate surface area is 120 Å². The van der Waals surface area contributed by atoms with Crippen LogP contribution in [0.3, 0.4) is 0 Å². The number of pyridine rings is 1. The van der Waals surface area contributed by atoms with Gasteiger partial charge >= 0.3 is 0 Å². The lowest BCUT2D eigenvalue weighted by molar-refractivity contribution is -0.705. The van der Waals surface area contributed by atoms with Crippen LogP contribution >= 0.6 is 0 Å². The van der Waals surface area contributed by atoms with Gasteiger partial charge in [-0.1, -0.05) is 65.4 Å². The number of hydrogen-bond donors (Lipinski definition) is 0. The van der Waals surface area contributed by atoms with Crippen molar-refractivity contribution in [2.75, 3.05) is 0 Å². The summed E-state index contributed by atoms with van der Waals surface area (Å²) in [6.07, 6.45) is 13.4. The number of aryl methyl sites for hydroxylation is 1. The summed E-state index contributed by atoms with van der Waals surface area (Å²) in [5, 5.41) is 0. The molecular weight excluding hydrogens is 230 g/mol.